The van der Waals surface area contributed by atoms with Crippen LogP contribution in [0, 0.1) is 0 Å². The Kier molecular flexibility index (Phi) is 7.05. The lowest BCUT2D eigenvalue weighted by molar-refractivity contribution is 0.288. The van der Waals surface area contributed by atoms with E-state index in [1.165, 1.54) is 0 Å². The van der Waals surface area contributed by atoms with Gasteiger partial charge in [-0.2, -0.15) is 0 Å². The van der Waals surface area contributed by atoms with Crippen molar-refractivity contribution in [1.29, 1.82) is 0 Å². The van der Waals surface area contributed by atoms with Gasteiger partial charge in [0.15, 0.2) is 0 Å². The molecule has 0 bridgehead atoms. The van der Waals surface area contributed by atoms with E-state index in [1.54, 1.807) is 24.3 Å². The Bertz CT molecular complexity index is 454. The summed E-state index contributed by atoms with van der Waals surface area (Å²) >= 11 is 0. The van der Waals surface area contributed by atoms with Crippen LogP contribution in [0.5, 0.6) is 0 Å². The van der Waals surface area contributed by atoms with E-state index in [-0.39, 0.29) is 6.61 Å². The largest absolute Gasteiger partial charge is 0.396 e. The summed E-state index contributed by atoms with van der Waals surface area (Å²) in [5.74, 6) is 0. The van der Waals surface area contributed by atoms with Gasteiger partial charge in [-0.05, 0) is 37.0 Å². The lowest BCUT2D eigenvalue weighted by atomic mass is 10.1. The molecule has 1 aromatic carbocycles. The number of aliphatic hydroxyl groups is 1. The highest BCUT2D eigenvalue weighted by atomic mass is 32.2. The van der Waals surface area contributed by atoms with Crippen LogP contribution in [-0.4, -0.2) is 26.7 Å². The molecule has 0 aliphatic rings. The standard InChI is InChI=1S/C14H23NO3S/c1-2-3-4-11-15-19(17,18)14-9-7-13(8-10-14)6-5-12-16/h7-10,15-16H,2-6,11-12H2,1H3. The fourth-order valence-corrected chi connectivity index (χ4v) is 2.86. The van der Waals surface area contributed by atoms with Gasteiger partial charge in [0.05, 0.1) is 4.90 Å². The summed E-state index contributed by atoms with van der Waals surface area (Å²) < 4.78 is 26.5. The Hall–Kier alpha value is -0.910. The third-order valence-corrected chi connectivity index (χ3v) is 4.41. The molecule has 1 aromatic rings. The van der Waals surface area contributed by atoms with Crippen molar-refractivity contribution in [1.82, 2.24) is 4.72 Å². The van der Waals surface area contributed by atoms with E-state index in [1.807, 2.05) is 0 Å². The Labute approximate surface area is 115 Å². The SMILES string of the molecule is CCCCCNS(=O)(=O)c1ccc(CCCO)cc1. The van der Waals surface area contributed by atoms with Gasteiger partial charge in [-0.3, -0.25) is 0 Å². The lowest BCUT2D eigenvalue weighted by Gasteiger charge is -2.07. The minimum absolute atomic E-state index is 0.152. The molecule has 0 amide bonds. The van der Waals surface area contributed by atoms with Gasteiger partial charge in [0.2, 0.25) is 10.0 Å². The van der Waals surface area contributed by atoms with Crippen molar-refractivity contribution < 1.29 is 13.5 Å². The molecular formula is C14H23NO3S. The van der Waals surface area contributed by atoms with Gasteiger partial charge in [0.1, 0.15) is 0 Å². The van der Waals surface area contributed by atoms with Crippen LogP contribution < -0.4 is 4.72 Å². The van der Waals surface area contributed by atoms with Gasteiger partial charge in [-0.15, -0.1) is 0 Å². The molecular weight excluding hydrogens is 262 g/mol. The molecule has 0 saturated carbocycles. The van der Waals surface area contributed by atoms with Crippen LogP contribution in [-0.2, 0) is 16.4 Å². The predicted molar refractivity (Wildman–Crippen MR) is 76.6 cm³/mol. The summed E-state index contributed by atoms with van der Waals surface area (Å²) in [6, 6.07) is 6.84. The number of hydrogen-bond donors (Lipinski definition) is 2. The first-order valence-corrected chi connectivity index (χ1v) is 8.28. The molecule has 0 atom stereocenters. The van der Waals surface area contributed by atoms with Gasteiger partial charge in [-0.25, -0.2) is 13.1 Å². The van der Waals surface area contributed by atoms with Crippen LogP contribution in [0.15, 0.2) is 29.2 Å². The summed E-state index contributed by atoms with van der Waals surface area (Å²) in [6.45, 7) is 2.72. The topological polar surface area (TPSA) is 66.4 Å². The maximum atomic E-state index is 12.0. The predicted octanol–water partition coefficient (Wildman–Crippen LogP) is 2.08. The highest BCUT2D eigenvalue weighted by Gasteiger charge is 2.12. The minimum Gasteiger partial charge on any atom is -0.396 e. The summed E-state index contributed by atoms with van der Waals surface area (Å²) in [5, 5.41) is 8.75. The first kappa shape index (κ1) is 16.1. The van der Waals surface area contributed by atoms with Crippen LogP contribution in [0.2, 0.25) is 0 Å². The summed E-state index contributed by atoms with van der Waals surface area (Å²) in [4.78, 5) is 0.303. The quantitative estimate of drug-likeness (QED) is 0.683. The zero-order chi connectivity index (χ0) is 14.1. The molecule has 1 rings (SSSR count). The molecule has 0 radical (unpaired) electrons. The first-order valence-electron chi connectivity index (χ1n) is 6.79. The molecule has 108 valence electrons. The second-order valence-corrected chi connectivity index (χ2v) is 6.34. The van der Waals surface area contributed by atoms with Gasteiger partial charge in [0, 0.05) is 13.2 Å². The minimum atomic E-state index is -3.38. The Balaban J connectivity index is 2.58. The van der Waals surface area contributed by atoms with Gasteiger partial charge in [0.25, 0.3) is 0 Å². The van der Waals surface area contributed by atoms with Crippen LogP contribution in [0.25, 0.3) is 0 Å². The van der Waals surface area contributed by atoms with Crippen molar-refractivity contribution >= 4 is 10.0 Å². The summed E-state index contributed by atoms with van der Waals surface area (Å²) in [7, 11) is -3.38. The molecule has 0 aromatic heterocycles. The van der Waals surface area contributed by atoms with E-state index >= 15 is 0 Å². The van der Waals surface area contributed by atoms with Gasteiger partial charge >= 0.3 is 0 Å². The van der Waals surface area contributed by atoms with Crippen LogP contribution in [0.3, 0.4) is 0 Å². The number of benzene rings is 1. The number of rotatable bonds is 9. The molecule has 2 N–H and O–H groups in total. The molecule has 0 aliphatic carbocycles. The van der Waals surface area contributed by atoms with Crippen molar-refractivity contribution in [2.24, 2.45) is 0 Å². The summed E-state index contributed by atoms with van der Waals surface area (Å²) in [6.07, 6.45) is 4.43. The molecule has 0 heterocycles. The van der Waals surface area contributed by atoms with Gasteiger partial charge in [-0.1, -0.05) is 31.9 Å². The highest BCUT2D eigenvalue weighted by Crippen LogP contribution is 2.12. The average Bonchev–Trinajstić information content (AvgIpc) is 2.42. The molecule has 0 unspecified atom stereocenters. The van der Waals surface area contributed by atoms with Crippen molar-refractivity contribution in [3.8, 4) is 0 Å². The molecule has 0 spiro atoms. The number of aryl methyl sites for hydroxylation is 1. The van der Waals surface area contributed by atoms with E-state index in [2.05, 4.69) is 11.6 Å². The number of nitrogens with one attached hydrogen (secondary N) is 1. The van der Waals surface area contributed by atoms with E-state index < -0.39 is 10.0 Å². The van der Waals surface area contributed by atoms with E-state index in [9.17, 15) is 8.42 Å². The Morgan fingerprint density at radius 3 is 2.37 bits per heavy atom. The summed E-state index contributed by atoms with van der Waals surface area (Å²) in [5.41, 5.74) is 1.04. The van der Waals surface area contributed by atoms with Crippen molar-refractivity contribution in [2.45, 2.75) is 43.9 Å². The Morgan fingerprint density at radius 1 is 1.11 bits per heavy atom. The molecule has 0 saturated heterocycles. The number of sulfonamides is 1. The first-order chi connectivity index (χ1) is 9.10. The zero-order valence-corrected chi connectivity index (χ0v) is 12.2. The Morgan fingerprint density at radius 2 is 1.79 bits per heavy atom. The monoisotopic (exact) mass is 285 g/mol. The molecule has 0 aliphatic heterocycles. The second kappa shape index (κ2) is 8.30. The molecule has 4 nitrogen and oxygen atoms in total. The highest BCUT2D eigenvalue weighted by molar-refractivity contribution is 7.89. The smallest absolute Gasteiger partial charge is 0.240 e. The van der Waals surface area contributed by atoms with Crippen LogP contribution >= 0.6 is 0 Å². The van der Waals surface area contributed by atoms with E-state index in [0.29, 0.717) is 17.9 Å². The normalized spacial score (nSPS) is 11.7. The van der Waals surface area contributed by atoms with E-state index in [0.717, 1.165) is 31.2 Å². The van der Waals surface area contributed by atoms with Crippen molar-refractivity contribution in [3.63, 3.8) is 0 Å². The van der Waals surface area contributed by atoms with Crippen molar-refractivity contribution in [3.05, 3.63) is 29.8 Å². The van der Waals surface area contributed by atoms with Gasteiger partial charge < -0.3 is 5.11 Å². The zero-order valence-electron chi connectivity index (χ0n) is 11.4. The lowest BCUT2D eigenvalue weighted by Crippen LogP contribution is -2.24. The third-order valence-electron chi connectivity index (χ3n) is 2.93. The molecule has 0 fully saturated rings. The number of aliphatic hydroxyl groups excluding tert-OH is 1. The third kappa shape index (κ3) is 5.72. The average molecular weight is 285 g/mol. The fraction of sp³-hybridized carbons (Fsp3) is 0.571. The molecule has 19 heavy (non-hydrogen) atoms. The van der Waals surface area contributed by atoms with Crippen LogP contribution in [0.4, 0.5) is 0 Å². The number of hydrogen-bond acceptors (Lipinski definition) is 3. The second-order valence-electron chi connectivity index (χ2n) is 4.58. The van der Waals surface area contributed by atoms with Crippen molar-refractivity contribution in [2.75, 3.05) is 13.2 Å². The van der Waals surface area contributed by atoms with E-state index in [4.69, 9.17) is 5.11 Å². The van der Waals surface area contributed by atoms with Crippen LogP contribution in [0.1, 0.15) is 38.2 Å². The maximum Gasteiger partial charge on any atom is 0.240 e. The maximum absolute atomic E-state index is 12.0. The fourth-order valence-electron chi connectivity index (χ4n) is 1.78. The number of unbranched alkanes of at least 4 members (excludes halogenated alkanes) is 2. The molecule has 5 heteroatoms.